The fraction of sp³-hybridized carbons (Fsp3) is 0.273. The highest BCUT2D eigenvalue weighted by Crippen LogP contribution is 2.36. The van der Waals surface area contributed by atoms with Crippen LogP contribution >= 0.6 is 11.3 Å². The maximum atomic E-state index is 13.7. The van der Waals surface area contributed by atoms with Crippen molar-refractivity contribution in [3.8, 4) is 11.3 Å². The molecule has 3 heterocycles. The molecule has 6 heteroatoms. The van der Waals surface area contributed by atoms with Gasteiger partial charge in [-0.05, 0) is 18.9 Å². The third kappa shape index (κ3) is 1.56. The molecule has 0 fully saturated rings. The summed E-state index contributed by atoms with van der Waals surface area (Å²) >= 11 is 1.23. The van der Waals surface area contributed by atoms with E-state index in [0.717, 1.165) is 17.7 Å². The Morgan fingerprint density at radius 2 is 2.41 bits per heavy atom. The molecule has 0 atom stereocenters. The molecule has 0 saturated carbocycles. The van der Waals surface area contributed by atoms with Crippen LogP contribution < -0.4 is 0 Å². The highest BCUT2D eigenvalue weighted by molar-refractivity contribution is 7.14. The first kappa shape index (κ1) is 10.5. The topological polar surface area (TPSA) is 55.1 Å². The Kier molecular flexibility index (Phi) is 2.25. The first-order chi connectivity index (χ1) is 8.16. The highest BCUT2D eigenvalue weighted by atomic mass is 32.1. The molecule has 3 rings (SSSR count). The van der Waals surface area contributed by atoms with E-state index in [4.69, 9.17) is 5.11 Å². The Bertz CT molecular complexity index is 603. The number of carboxylic acids is 1. The third-order valence-electron chi connectivity index (χ3n) is 2.84. The Labute approximate surface area is 100 Å². The van der Waals surface area contributed by atoms with Crippen molar-refractivity contribution in [1.82, 2.24) is 9.78 Å². The number of nitrogens with zero attached hydrogens (tertiary/aromatic N) is 2. The summed E-state index contributed by atoms with van der Waals surface area (Å²) in [7, 11) is 0. The predicted molar refractivity (Wildman–Crippen MR) is 60.8 cm³/mol. The van der Waals surface area contributed by atoms with E-state index in [9.17, 15) is 9.18 Å². The van der Waals surface area contributed by atoms with Gasteiger partial charge in [-0.3, -0.25) is 4.68 Å². The first-order valence-electron chi connectivity index (χ1n) is 5.24. The standard InChI is InChI=1S/C11H9FN2O2S/c12-7-5-13-14-3-1-2-8-6(10(7)14)4-9(17-8)11(15)16/h4-5H,1-3H2,(H,15,16). The molecule has 1 N–H and O–H groups in total. The largest absolute Gasteiger partial charge is 0.477 e. The quantitative estimate of drug-likeness (QED) is 0.847. The Morgan fingerprint density at radius 3 is 3.18 bits per heavy atom. The van der Waals surface area contributed by atoms with Gasteiger partial charge in [0.2, 0.25) is 0 Å². The van der Waals surface area contributed by atoms with Gasteiger partial charge in [-0.1, -0.05) is 0 Å². The van der Waals surface area contributed by atoms with Crippen LogP contribution in [0.3, 0.4) is 0 Å². The van der Waals surface area contributed by atoms with Crippen molar-refractivity contribution in [1.29, 1.82) is 0 Å². The van der Waals surface area contributed by atoms with Crippen molar-refractivity contribution in [2.24, 2.45) is 0 Å². The number of halogens is 1. The van der Waals surface area contributed by atoms with Gasteiger partial charge < -0.3 is 5.11 Å². The maximum absolute atomic E-state index is 13.7. The highest BCUT2D eigenvalue weighted by Gasteiger charge is 2.23. The van der Waals surface area contributed by atoms with Gasteiger partial charge in [-0.2, -0.15) is 5.10 Å². The Morgan fingerprint density at radius 1 is 1.59 bits per heavy atom. The second-order valence-electron chi connectivity index (χ2n) is 3.92. The van der Waals surface area contributed by atoms with E-state index in [1.165, 1.54) is 17.5 Å². The molecule has 0 spiro atoms. The van der Waals surface area contributed by atoms with Gasteiger partial charge in [0, 0.05) is 17.0 Å². The van der Waals surface area contributed by atoms with Crippen LogP contribution in [-0.2, 0) is 13.0 Å². The van der Waals surface area contributed by atoms with Crippen LogP contribution in [0.4, 0.5) is 4.39 Å². The molecule has 2 aromatic rings. The summed E-state index contributed by atoms with van der Waals surface area (Å²) < 4.78 is 15.3. The van der Waals surface area contributed by atoms with Crippen LogP contribution in [-0.4, -0.2) is 20.9 Å². The van der Waals surface area contributed by atoms with Crippen LogP contribution in [0.25, 0.3) is 11.3 Å². The molecule has 17 heavy (non-hydrogen) atoms. The van der Waals surface area contributed by atoms with Crippen molar-refractivity contribution in [2.45, 2.75) is 19.4 Å². The van der Waals surface area contributed by atoms with Gasteiger partial charge in [0.05, 0.1) is 6.20 Å². The summed E-state index contributed by atoms with van der Waals surface area (Å²) in [5.74, 6) is -1.35. The van der Waals surface area contributed by atoms with Gasteiger partial charge in [-0.25, -0.2) is 9.18 Å². The molecule has 88 valence electrons. The second kappa shape index (κ2) is 3.66. The third-order valence-corrected chi connectivity index (χ3v) is 4.03. The second-order valence-corrected chi connectivity index (χ2v) is 5.06. The molecule has 4 nitrogen and oxygen atoms in total. The zero-order valence-corrected chi connectivity index (χ0v) is 9.63. The molecular formula is C11H9FN2O2S. The zero-order valence-electron chi connectivity index (χ0n) is 8.81. The number of carbonyl (C=O) groups is 1. The molecule has 0 bridgehead atoms. The van der Waals surface area contributed by atoms with Crippen molar-refractivity contribution in [3.63, 3.8) is 0 Å². The van der Waals surface area contributed by atoms with Gasteiger partial charge in [-0.15, -0.1) is 11.3 Å². The lowest BCUT2D eigenvalue weighted by Crippen LogP contribution is -2.00. The summed E-state index contributed by atoms with van der Waals surface area (Å²) in [6.45, 7) is 0.670. The van der Waals surface area contributed by atoms with Gasteiger partial charge in [0.1, 0.15) is 10.6 Å². The lowest BCUT2D eigenvalue weighted by molar-refractivity contribution is 0.0702. The number of aromatic carboxylic acids is 1. The lowest BCUT2D eigenvalue weighted by Gasteiger charge is -2.01. The number of rotatable bonds is 1. The van der Waals surface area contributed by atoms with E-state index >= 15 is 0 Å². The van der Waals surface area contributed by atoms with E-state index < -0.39 is 5.97 Å². The molecule has 0 aromatic carbocycles. The minimum Gasteiger partial charge on any atom is -0.477 e. The average Bonchev–Trinajstić information content (AvgIpc) is 2.80. The Balaban J connectivity index is 2.23. The smallest absolute Gasteiger partial charge is 0.345 e. The molecule has 0 aliphatic carbocycles. The van der Waals surface area contributed by atoms with E-state index in [1.54, 1.807) is 10.7 Å². The van der Waals surface area contributed by atoms with Crippen LogP contribution in [0.5, 0.6) is 0 Å². The molecular weight excluding hydrogens is 243 g/mol. The molecule has 0 saturated heterocycles. The number of thiophene rings is 1. The number of aryl methyl sites for hydroxylation is 2. The minimum atomic E-state index is -0.963. The SMILES string of the molecule is O=C(O)c1cc2c(s1)CCCn1ncc(F)c1-2. The molecule has 0 amide bonds. The maximum Gasteiger partial charge on any atom is 0.345 e. The van der Waals surface area contributed by atoms with E-state index in [2.05, 4.69) is 5.10 Å². The van der Waals surface area contributed by atoms with Crippen LogP contribution in [0.15, 0.2) is 12.3 Å². The Hall–Kier alpha value is -1.69. The van der Waals surface area contributed by atoms with Crippen molar-refractivity contribution in [3.05, 3.63) is 27.8 Å². The monoisotopic (exact) mass is 252 g/mol. The van der Waals surface area contributed by atoms with Crippen molar-refractivity contribution >= 4 is 17.3 Å². The van der Waals surface area contributed by atoms with Gasteiger partial charge in [0.15, 0.2) is 5.82 Å². The number of carboxylic acid groups (broad SMARTS) is 1. The number of hydrogen-bond acceptors (Lipinski definition) is 3. The zero-order chi connectivity index (χ0) is 12.0. The van der Waals surface area contributed by atoms with Crippen molar-refractivity contribution < 1.29 is 14.3 Å². The summed E-state index contributed by atoms with van der Waals surface area (Å²) in [4.78, 5) is 12.1. The number of hydrogen-bond donors (Lipinski definition) is 1. The molecule has 1 aliphatic rings. The summed E-state index contributed by atoms with van der Waals surface area (Å²) in [5, 5.41) is 12.9. The lowest BCUT2D eigenvalue weighted by atomic mass is 10.1. The molecule has 2 aromatic heterocycles. The fourth-order valence-electron chi connectivity index (χ4n) is 2.11. The molecule has 1 aliphatic heterocycles. The summed E-state index contributed by atoms with van der Waals surface area (Å²) in [6, 6.07) is 1.55. The average molecular weight is 252 g/mol. The van der Waals surface area contributed by atoms with Crippen LogP contribution in [0.2, 0.25) is 0 Å². The number of fused-ring (bicyclic) bond motifs is 3. The van der Waals surface area contributed by atoms with E-state index in [-0.39, 0.29) is 10.7 Å². The molecule has 0 unspecified atom stereocenters. The van der Waals surface area contributed by atoms with Crippen LogP contribution in [0, 0.1) is 5.82 Å². The van der Waals surface area contributed by atoms with E-state index in [0.29, 0.717) is 17.8 Å². The van der Waals surface area contributed by atoms with Gasteiger partial charge in [0.25, 0.3) is 0 Å². The normalized spacial score (nSPS) is 13.9. The molecule has 0 radical (unpaired) electrons. The first-order valence-corrected chi connectivity index (χ1v) is 6.06. The predicted octanol–water partition coefficient (Wildman–Crippen LogP) is 2.40. The number of aromatic nitrogens is 2. The van der Waals surface area contributed by atoms with Gasteiger partial charge >= 0.3 is 5.97 Å². The minimum absolute atomic E-state index is 0.254. The summed E-state index contributed by atoms with van der Waals surface area (Å²) in [5.41, 5.74) is 1.10. The summed E-state index contributed by atoms with van der Waals surface area (Å²) in [6.07, 6.45) is 2.80. The van der Waals surface area contributed by atoms with E-state index in [1.807, 2.05) is 0 Å². The van der Waals surface area contributed by atoms with Crippen LogP contribution in [0.1, 0.15) is 21.0 Å². The fourth-order valence-corrected chi connectivity index (χ4v) is 3.15. The van der Waals surface area contributed by atoms with Crippen molar-refractivity contribution in [2.75, 3.05) is 0 Å².